The molecule has 0 fully saturated rings. The quantitative estimate of drug-likeness (QED) is 0.00830. The number of fused-ring (bicyclic) bond motifs is 1. The van der Waals surface area contributed by atoms with Gasteiger partial charge in [-0.05, 0) is 96.7 Å². The van der Waals surface area contributed by atoms with Gasteiger partial charge in [0, 0.05) is 28.6 Å². The van der Waals surface area contributed by atoms with E-state index in [0.29, 0.717) is 33.7 Å². The number of hydrogen-bond acceptors (Lipinski definition) is 23. The molecule has 0 saturated heterocycles. The highest BCUT2D eigenvalue weighted by Gasteiger charge is 2.21. The van der Waals surface area contributed by atoms with Crippen LogP contribution in [0.5, 0.6) is 5.75 Å². The molecule has 0 aliphatic heterocycles. The van der Waals surface area contributed by atoms with Gasteiger partial charge in [0.25, 0.3) is 40.5 Å². The van der Waals surface area contributed by atoms with Crippen LogP contribution in [0.4, 0.5) is 52.0 Å². The van der Waals surface area contributed by atoms with E-state index in [4.69, 9.17) is 9.99 Å². The van der Waals surface area contributed by atoms with Crippen LogP contribution in [-0.2, 0) is 49.8 Å². The Morgan fingerprint density at radius 3 is 1.78 bits per heavy atom. The van der Waals surface area contributed by atoms with E-state index in [-0.39, 0.29) is 65.3 Å². The lowest BCUT2D eigenvalue weighted by molar-refractivity contribution is -0.432. The average Bonchev–Trinajstić information content (AvgIpc) is 3.25. The Balaban J connectivity index is 1.24. The summed E-state index contributed by atoms with van der Waals surface area (Å²) in [6.07, 6.45) is -0.0920. The zero-order chi connectivity index (χ0) is 48.4. The third kappa shape index (κ3) is 15.6. The number of nitrogens with one attached hydrogen (secondary N) is 3. The average molecular weight is 1020 g/mol. The van der Waals surface area contributed by atoms with Crippen LogP contribution in [0.2, 0.25) is 0 Å². The first kappa shape index (κ1) is 50.1. The Kier molecular flexibility index (Phi) is 16.1. The van der Waals surface area contributed by atoms with Gasteiger partial charge >= 0.3 is 0 Å². The number of benzene rings is 5. The zero-order valence-electron chi connectivity index (χ0n) is 33.7. The van der Waals surface area contributed by atoms with Gasteiger partial charge < -0.3 is 20.7 Å². The lowest BCUT2D eigenvalue weighted by Gasteiger charge is -2.15. The van der Waals surface area contributed by atoms with E-state index < -0.39 is 61.8 Å². The molecule has 0 aliphatic carbocycles. The molecule has 0 unspecified atom stereocenters. The molecule has 67 heavy (non-hydrogen) atoms. The molecule has 0 atom stereocenters. The Morgan fingerprint density at radius 1 is 0.597 bits per heavy atom. The standard InChI is InChI=1S/C36H34N10O16S5/c47-61-62-63-28-11-8-25(9-12-28)44-46-27-10-13-31(32(20-27)60-15-1-16-64(48,49)50)39-36-41-34(37-14-17-65(51,52)53)40-35(42-36)38-23-4-6-24(7-5-23)43-45-26-3-2-22-18-29(66(54,55)56)21-33(30(22)19-26)67(57,58)59/h2-13,18-21,47H,1,14-17H2,(H,48,49,50)(H,51,52,53)(H,54,55,56)(H,57,58,59)(H3,37,38,39,40,41,42). The number of ether oxygens (including phenoxy) is 1. The zero-order valence-corrected chi connectivity index (χ0v) is 37.8. The molecule has 0 radical (unpaired) electrons. The molecule has 6 rings (SSSR count). The normalized spacial score (nSPS) is 12.5. The fourth-order valence-electron chi connectivity index (χ4n) is 5.50. The van der Waals surface area contributed by atoms with Gasteiger partial charge in [0.05, 0.1) is 63.5 Å². The Hall–Kier alpha value is -6.36. The lowest BCUT2D eigenvalue weighted by atomic mass is 10.1. The second kappa shape index (κ2) is 21.5. The highest BCUT2D eigenvalue weighted by molar-refractivity contribution is 7.94. The minimum Gasteiger partial charge on any atom is -0.491 e. The van der Waals surface area contributed by atoms with E-state index in [0.717, 1.165) is 18.1 Å². The van der Waals surface area contributed by atoms with Crippen LogP contribution >= 0.6 is 12.0 Å². The summed E-state index contributed by atoms with van der Waals surface area (Å²) in [4.78, 5) is 12.0. The van der Waals surface area contributed by atoms with Crippen molar-refractivity contribution in [3.8, 4) is 5.75 Å². The molecule has 8 N–H and O–H groups in total. The lowest BCUT2D eigenvalue weighted by Crippen LogP contribution is -2.17. The van der Waals surface area contributed by atoms with Crippen LogP contribution in [0, 0.1) is 0 Å². The van der Waals surface area contributed by atoms with E-state index in [1.807, 2.05) is 0 Å². The van der Waals surface area contributed by atoms with Crippen LogP contribution in [0.1, 0.15) is 6.42 Å². The van der Waals surface area contributed by atoms with E-state index in [1.165, 1.54) is 42.5 Å². The molecule has 0 spiro atoms. The van der Waals surface area contributed by atoms with Crippen LogP contribution < -0.4 is 20.7 Å². The summed E-state index contributed by atoms with van der Waals surface area (Å²) in [5.41, 5.74) is 1.78. The number of rotatable bonds is 22. The predicted octanol–water partition coefficient (Wildman–Crippen LogP) is 7.22. The summed E-state index contributed by atoms with van der Waals surface area (Å²) in [5.74, 6) is -1.50. The largest absolute Gasteiger partial charge is 0.491 e. The first-order chi connectivity index (χ1) is 31.6. The Bertz CT molecular complexity index is 3280. The van der Waals surface area contributed by atoms with Crippen molar-refractivity contribution in [1.29, 1.82) is 0 Å². The molecule has 26 nitrogen and oxygen atoms in total. The molecule has 6 aromatic rings. The Labute approximate surface area is 384 Å². The molecule has 1 heterocycles. The Morgan fingerprint density at radius 2 is 1.16 bits per heavy atom. The highest BCUT2D eigenvalue weighted by atomic mass is 32.2. The number of anilines is 5. The maximum absolute atomic E-state index is 12.1. The smallest absolute Gasteiger partial charge is 0.295 e. The van der Waals surface area contributed by atoms with E-state index in [1.54, 1.807) is 42.5 Å². The summed E-state index contributed by atoms with van der Waals surface area (Å²) >= 11 is 0.751. The molecule has 0 saturated carbocycles. The van der Waals surface area contributed by atoms with Crippen LogP contribution in [-0.4, -0.2) is 96.7 Å². The summed E-state index contributed by atoms with van der Waals surface area (Å²) < 4.78 is 141. The topological polar surface area (TPSA) is 390 Å². The fourth-order valence-corrected chi connectivity index (χ4v) is 8.05. The van der Waals surface area contributed by atoms with Crippen molar-refractivity contribution in [2.24, 2.45) is 20.5 Å². The van der Waals surface area contributed by atoms with Gasteiger partial charge in [0.15, 0.2) is 0 Å². The first-order valence-electron chi connectivity index (χ1n) is 18.5. The molecule has 0 amide bonds. The summed E-state index contributed by atoms with van der Waals surface area (Å²) in [6, 6.07) is 22.8. The van der Waals surface area contributed by atoms with Crippen molar-refractivity contribution >= 4 is 115 Å². The van der Waals surface area contributed by atoms with Gasteiger partial charge in [-0.3, -0.25) is 18.2 Å². The second-order valence-corrected chi connectivity index (χ2v) is 20.1. The van der Waals surface area contributed by atoms with Crippen molar-refractivity contribution in [3.63, 3.8) is 0 Å². The second-order valence-electron chi connectivity index (χ2n) is 13.4. The van der Waals surface area contributed by atoms with Gasteiger partial charge in [-0.25, -0.2) is 5.26 Å². The van der Waals surface area contributed by atoms with Gasteiger partial charge in [-0.15, -0.1) is 4.33 Å². The molecular weight excluding hydrogens is 989 g/mol. The third-order valence-electron chi connectivity index (χ3n) is 8.43. The number of azo groups is 2. The third-order valence-corrected chi connectivity index (χ3v) is 12.3. The van der Waals surface area contributed by atoms with Gasteiger partial charge in [0.2, 0.25) is 17.8 Å². The highest BCUT2D eigenvalue weighted by Crippen LogP contribution is 2.34. The van der Waals surface area contributed by atoms with Crippen molar-refractivity contribution in [1.82, 2.24) is 15.0 Å². The van der Waals surface area contributed by atoms with Crippen molar-refractivity contribution in [2.45, 2.75) is 21.1 Å². The maximum Gasteiger partial charge on any atom is 0.295 e. The number of hydrogen-bond donors (Lipinski definition) is 8. The minimum atomic E-state index is -4.94. The van der Waals surface area contributed by atoms with Crippen LogP contribution in [0.15, 0.2) is 132 Å². The summed E-state index contributed by atoms with van der Waals surface area (Å²) in [7, 11) is -18.4. The fraction of sp³-hybridized carbons (Fsp3) is 0.139. The van der Waals surface area contributed by atoms with Crippen LogP contribution in [0.25, 0.3) is 10.8 Å². The van der Waals surface area contributed by atoms with Gasteiger partial charge in [-0.1, -0.05) is 11.1 Å². The molecule has 354 valence electrons. The molecule has 0 bridgehead atoms. The number of nitrogens with zero attached hydrogens (tertiary/aromatic N) is 7. The van der Waals surface area contributed by atoms with Crippen molar-refractivity contribution in [2.75, 3.05) is 40.6 Å². The molecule has 31 heteroatoms. The number of aromatic nitrogens is 3. The van der Waals surface area contributed by atoms with E-state index in [9.17, 15) is 51.9 Å². The van der Waals surface area contributed by atoms with E-state index >= 15 is 0 Å². The van der Waals surface area contributed by atoms with Crippen molar-refractivity contribution < 1.29 is 71.2 Å². The minimum absolute atomic E-state index is 0.0624. The molecule has 5 aromatic carbocycles. The maximum atomic E-state index is 12.1. The molecule has 1 aromatic heterocycles. The monoisotopic (exact) mass is 1020 g/mol. The molecular formula is C36H34N10O16S5. The van der Waals surface area contributed by atoms with Gasteiger partial charge in [0.1, 0.15) is 10.6 Å². The van der Waals surface area contributed by atoms with Crippen LogP contribution in [0.3, 0.4) is 0 Å². The van der Waals surface area contributed by atoms with E-state index in [2.05, 4.69) is 60.7 Å². The predicted molar refractivity (Wildman–Crippen MR) is 240 cm³/mol. The first-order valence-corrected chi connectivity index (χ1v) is 25.4. The summed E-state index contributed by atoms with van der Waals surface area (Å²) in [6.45, 7) is -0.483. The summed E-state index contributed by atoms with van der Waals surface area (Å²) in [5, 5.41) is 37.2. The molecule has 0 aliphatic rings. The van der Waals surface area contributed by atoms with Gasteiger partial charge in [-0.2, -0.15) is 69.1 Å². The SMILES string of the molecule is O=S(=O)(O)CCCOc1cc(N=Nc2ccc(SOOO)cc2)ccc1Nc1nc(NCCS(=O)(=O)O)nc(Nc2ccc(N=Nc3ccc4cc(S(=O)(=O)O)cc(S(=O)(=O)O)c4c3)cc2)n1. The van der Waals surface area contributed by atoms with Crippen molar-refractivity contribution in [3.05, 3.63) is 97.1 Å².